The summed E-state index contributed by atoms with van der Waals surface area (Å²) in [5, 5.41) is 5.39. The highest BCUT2D eigenvalue weighted by Crippen LogP contribution is 1.99. The van der Waals surface area contributed by atoms with Crippen LogP contribution in [0.15, 0.2) is 23.9 Å². The minimum absolute atomic E-state index is 0.658. The smallest absolute Gasteiger partial charge is 0.0338 e. The Hall–Kier alpha value is -1.48. The van der Waals surface area contributed by atoms with Gasteiger partial charge in [0, 0.05) is 42.5 Å². The summed E-state index contributed by atoms with van der Waals surface area (Å²) in [5.41, 5.74) is 6.75. The fourth-order valence-corrected chi connectivity index (χ4v) is 1.82. The molecule has 0 aliphatic carbocycles. The topological polar surface area (TPSA) is 43.0 Å². The quantitative estimate of drug-likeness (QED) is 0.722. The van der Waals surface area contributed by atoms with Gasteiger partial charge in [-0.1, -0.05) is 26.2 Å². The Balaban J connectivity index is 2.61. The van der Waals surface area contributed by atoms with Gasteiger partial charge >= 0.3 is 0 Å². The molecule has 3 N–H and O–H groups in total. The van der Waals surface area contributed by atoms with Gasteiger partial charge in [-0.05, 0) is 18.6 Å². The van der Waals surface area contributed by atoms with E-state index in [0.717, 1.165) is 36.6 Å². The van der Waals surface area contributed by atoms with Crippen LogP contribution in [0, 0.1) is 0 Å². The van der Waals surface area contributed by atoms with Gasteiger partial charge in [-0.2, -0.15) is 0 Å². The second kappa shape index (κ2) is 6.97. The summed E-state index contributed by atoms with van der Waals surface area (Å²) in [5.74, 6) is 0. The number of hydrogen-bond acceptors (Lipinski definition) is 2. The molecule has 0 atom stereocenters. The molecular weight excluding hydrogens is 210 g/mol. The van der Waals surface area contributed by atoms with Crippen LogP contribution < -0.4 is 21.7 Å². The number of hydrogen-bond donors (Lipinski definition) is 2. The summed E-state index contributed by atoms with van der Waals surface area (Å²) >= 11 is 0. The van der Waals surface area contributed by atoms with E-state index in [2.05, 4.69) is 36.0 Å². The zero-order valence-electron chi connectivity index (χ0n) is 10.7. The van der Waals surface area contributed by atoms with Crippen molar-refractivity contribution in [2.45, 2.75) is 26.3 Å². The van der Waals surface area contributed by atoms with Gasteiger partial charge in [-0.25, -0.2) is 0 Å². The molecule has 0 saturated carbocycles. The normalized spacial score (nSPS) is 11.8. The maximum atomic E-state index is 5.50. The Morgan fingerprint density at radius 3 is 2.59 bits per heavy atom. The van der Waals surface area contributed by atoms with Crippen molar-refractivity contribution in [1.82, 2.24) is 9.88 Å². The Bertz CT molecular complexity index is 429. The fraction of sp³-hybridized carbons (Fsp3) is 0.429. The molecule has 0 amide bonds. The van der Waals surface area contributed by atoms with E-state index >= 15 is 0 Å². The van der Waals surface area contributed by atoms with Crippen molar-refractivity contribution < 1.29 is 0 Å². The molecule has 3 heteroatoms. The number of nitrogens with two attached hydrogens (primary N) is 1. The molecule has 0 saturated heterocycles. The third-order valence-electron chi connectivity index (χ3n) is 2.71. The lowest BCUT2D eigenvalue weighted by atomic mass is 10.2. The number of allylic oxidation sites excluding steroid dienone is 2. The first-order valence-electron chi connectivity index (χ1n) is 6.15. The number of aromatic nitrogens is 1. The van der Waals surface area contributed by atoms with E-state index in [9.17, 15) is 0 Å². The summed E-state index contributed by atoms with van der Waals surface area (Å²) in [4.78, 5) is 0. The van der Waals surface area contributed by atoms with Crippen molar-refractivity contribution >= 4 is 13.2 Å². The molecular formula is C14H23N3. The van der Waals surface area contributed by atoms with Crippen molar-refractivity contribution in [3.05, 3.63) is 34.6 Å². The van der Waals surface area contributed by atoms with E-state index in [-0.39, 0.29) is 0 Å². The summed E-state index contributed by atoms with van der Waals surface area (Å²) in [6.07, 6.45) is 4.21. The standard InChI is InChI=1S/C14H23N3/c1-4-5-14(16-10-9-15)8-11-17-12(2)6-7-13(17)3/h5-7,16H,2-4,8-11,15H2,1H3. The molecule has 17 heavy (non-hydrogen) atoms. The first-order chi connectivity index (χ1) is 8.19. The van der Waals surface area contributed by atoms with E-state index in [1.54, 1.807) is 0 Å². The predicted octanol–water partition coefficient (Wildman–Crippen LogP) is 0.541. The van der Waals surface area contributed by atoms with E-state index in [1.807, 2.05) is 12.1 Å². The summed E-state index contributed by atoms with van der Waals surface area (Å²) in [6.45, 7) is 12.5. The molecule has 0 bridgehead atoms. The maximum Gasteiger partial charge on any atom is 0.0338 e. The molecule has 0 aromatic carbocycles. The molecule has 1 heterocycles. The van der Waals surface area contributed by atoms with Crippen LogP contribution in [0.3, 0.4) is 0 Å². The van der Waals surface area contributed by atoms with Gasteiger partial charge in [0.2, 0.25) is 0 Å². The van der Waals surface area contributed by atoms with E-state index in [4.69, 9.17) is 5.73 Å². The van der Waals surface area contributed by atoms with Crippen molar-refractivity contribution in [2.24, 2.45) is 5.73 Å². The van der Waals surface area contributed by atoms with Gasteiger partial charge in [0.15, 0.2) is 0 Å². The Kier molecular flexibility index (Phi) is 5.57. The Labute approximate surface area is 103 Å². The van der Waals surface area contributed by atoms with Crippen LogP contribution in [0.25, 0.3) is 13.2 Å². The predicted molar refractivity (Wildman–Crippen MR) is 74.8 cm³/mol. The summed E-state index contributed by atoms with van der Waals surface area (Å²) < 4.78 is 2.13. The van der Waals surface area contributed by atoms with Gasteiger partial charge in [0.25, 0.3) is 0 Å². The van der Waals surface area contributed by atoms with Gasteiger partial charge in [-0.15, -0.1) is 0 Å². The molecule has 3 nitrogen and oxygen atoms in total. The molecule has 1 rings (SSSR count). The number of nitrogens with one attached hydrogen (secondary N) is 1. The summed E-state index contributed by atoms with van der Waals surface area (Å²) in [7, 11) is 0. The van der Waals surface area contributed by atoms with Crippen LogP contribution in [0.2, 0.25) is 0 Å². The van der Waals surface area contributed by atoms with Crippen molar-refractivity contribution in [3.63, 3.8) is 0 Å². The van der Waals surface area contributed by atoms with Crippen LogP contribution in [-0.2, 0) is 6.54 Å². The van der Waals surface area contributed by atoms with Crippen LogP contribution in [0.1, 0.15) is 19.8 Å². The molecule has 0 unspecified atom stereocenters. The van der Waals surface area contributed by atoms with Crippen LogP contribution >= 0.6 is 0 Å². The largest absolute Gasteiger partial charge is 0.387 e. The van der Waals surface area contributed by atoms with Gasteiger partial charge in [0.1, 0.15) is 0 Å². The Morgan fingerprint density at radius 2 is 2.06 bits per heavy atom. The first kappa shape index (κ1) is 13.6. The zero-order chi connectivity index (χ0) is 12.7. The highest BCUT2D eigenvalue weighted by molar-refractivity contribution is 5.09. The molecule has 0 fully saturated rings. The van der Waals surface area contributed by atoms with Gasteiger partial charge in [0.05, 0.1) is 0 Å². The fourth-order valence-electron chi connectivity index (χ4n) is 1.82. The number of rotatable bonds is 7. The average Bonchev–Trinajstić information content (AvgIpc) is 2.63. The molecule has 1 aromatic rings. The van der Waals surface area contributed by atoms with Gasteiger partial charge in [-0.3, -0.25) is 0 Å². The van der Waals surface area contributed by atoms with Crippen molar-refractivity contribution in [3.8, 4) is 0 Å². The third kappa shape index (κ3) is 4.11. The lowest BCUT2D eigenvalue weighted by Crippen LogP contribution is -2.27. The lowest BCUT2D eigenvalue weighted by molar-refractivity contribution is 0.627. The maximum absolute atomic E-state index is 5.50. The molecule has 0 aliphatic heterocycles. The lowest BCUT2D eigenvalue weighted by Gasteiger charge is -2.11. The second-order valence-electron chi connectivity index (χ2n) is 4.07. The van der Waals surface area contributed by atoms with E-state index in [0.29, 0.717) is 6.54 Å². The van der Waals surface area contributed by atoms with Crippen molar-refractivity contribution in [2.75, 3.05) is 13.1 Å². The van der Waals surface area contributed by atoms with Crippen LogP contribution in [-0.4, -0.2) is 17.7 Å². The average molecular weight is 233 g/mol. The second-order valence-corrected chi connectivity index (χ2v) is 4.07. The van der Waals surface area contributed by atoms with Gasteiger partial charge < -0.3 is 15.6 Å². The van der Waals surface area contributed by atoms with E-state index < -0.39 is 0 Å². The van der Waals surface area contributed by atoms with E-state index in [1.165, 1.54) is 5.70 Å². The first-order valence-corrected chi connectivity index (χ1v) is 6.15. The molecule has 1 aromatic heterocycles. The molecule has 0 spiro atoms. The minimum atomic E-state index is 0.658. The molecule has 0 radical (unpaired) electrons. The van der Waals surface area contributed by atoms with Crippen LogP contribution in [0.4, 0.5) is 0 Å². The molecule has 0 aliphatic rings. The number of nitrogens with zero attached hydrogens (tertiary/aromatic N) is 1. The molecule has 94 valence electrons. The third-order valence-corrected chi connectivity index (χ3v) is 2.71. The van der Waals surface area contributed by atoms with Crippen LogP contribution in [0.5, 0.6) is 0 Å². The summed E-state index contributed by atoms with van der Waals surface area (Å²) in [6, 6.07) is 4.00. The highest BCUT2D eigenvalue weighted by Gasteiger charge is 1.98. The monoisotopic (exact) mass is 233 g/mol. The highest BCUT2D eigenvalue weighted by atomic mass is 15.0. The SMILES string of the molecule is C=c1ccc(=C)n1CCC(=CCC)NCCN. The Morgan fingerprint density at radius 1 is 1.41 bits per heavy atom. The minimum Gasteiger partial charge on any atom is -0.387 e. The van der Waals surface area contributed by atoms with Crippen molar-refractivity contribution in [1.29, 1.82) is 0 Å². The zero-order valence-corrected chi connectivity index (χ0v) is 10.7.